The molecule has 25 heavy (non-hydrogen) atoms. The smallest absolute Gasteiger partial charge is 0.325 e. The number of anilines is 1. The summed E-state index contributed by atoms with van der Waals surface area (Å²) in [6.45, 7) is 1.56. The highest BCUT2D eigenvalue weighted by molar-refractivity contribution is 8.00. The number of benzene rings is 2. The SMILES string of the molecule is C[C@@H](Sc1ccccc1)C(=O)Nc1ccc([N+](=O)[O-])cc1C(F)(F)F. The van der Waals surface area contributed by atoms with Gasteiger partial charge in [0.05, 0.1) is 21.4 Å². The van der Waals surface area contributed by atoms with Gasteiger partial charge in [0.2, 0.25) is 5.91 Å². The summed E-state index contributed by atoms with van der Waals surface area (Å²) in [5.74, 6) is -0.631. The number of rotatable bonds is 5. The molecule has 0 saturated heterocycles. The molecule has 2 aromatic rings. The topological polar surface area (TPSA) is 72.2 Å². The van der Waals surface area contributed by atoms with Crippen molar-refractivity contribution in [1.82, 2.24) is 0 Å². The van der Waals surface area contributed by atoms with E-state index in [2.05, 4.69) is 5.32 Å². The van der Waals surface area contributed by atoms with Crippen LogP contribution in [0.25, 0.3) is 0 Å². The predicted molar refractivity (Wildman–Crippen MR) is 88.5 cm³/mol. The minimum Gasteiger partial charge on any atom is -0.325 e. The molecule has 1 atom stereocenters. The first-order valence-electron chi connectivity index (χ1n) is 7.06. The summed E-state index contributed by atoms with van der Waals surface area (Å²) >= 11 is 1.19. The van der Waals surface area contributed by atoms with Crippen LogP contribution >= 0.6 is 11.8 Å². The molecule has 0 fully saturated rings. The zero-order valence-corrected chi connectivity index (χ0v) is 13.7. The molecular formula is C16H13F3N2O3S. The molecule has 0 bridgehead atoms. The molecule has 0 aliphatic carbocycles. The van der Waals surface area contributed by atoms with E-state index in [1.807, 2.05) is 0 Å². The van der Waals surface area contributed by atoms with Crippen LogP contribution in [-0.2, 0) is 11.0 Å². The van der Waals surface area contributed by atoms with E-state index < -0.39 is 39.2 Å². The molecule has 1 amide bonds. The number of nitrogens with zero attached hydrogens (tertiary/aromatic N) is 1. The average molecular weight is 370 g/mol. The molecule has 0 aliphatic heterocycles. The van der Waals surface area contributed by atoms with Crippen LogP contribution < -0.4 is 5.32 Å². The van der Waals surface area contributed by atoms with Crippen molar-refractivity contribution in [3.63, 3.8) is 0 Å². The van der Waals surface area contributed by atoms with E-state index in [-0.39, 0.29) is 0 Å². The fraction of sp³-hybridized carbons (Fsp3) is 0.188. The van der Waals surface area contributed by atoms with Crippen molar-refractivity contribution in [3.05, 3.63) is 64.2 Å². The minimum atomic E-state index is -4.83. The Morgan fingerprint density at radius 2 is 1.84 bits per heavy atom. The van der Waals surface area contributed by atoms with Gasteiger partial charge in [-0.2, -0.15) is 13.2 Å². The maximum Gasteiger partial charge on any atom is 0.418 e. The first-order valence-corrected chi connectivity index (χ1v) is 7.94. The lowest BCUT2D eigenvalue weighted by atomic mass is 10.1. The number of hydrogen-bond donors (Lipinski definition) is 1. The van der Waals surface area contributed by atoms with E-state index in [4.69, 9.17) is 0 Å². The molecule has 2 rings (SSSR count). The zero-order chi connectivity index (χ0) is 18.6. The first kappa shape index (κ1) is 18.8. The van der Waals surface area contributed by atoms with Crippen molar-refractivity contribution in [3.8, 4) is 0 Å². The molecule has 0 aliphatic rings. The van der Waals surface area contributed by atoms with Crippen LogP contribution in [-0.4, -0.2) is 16.1 Å². The number of alkyl halides is 3. The summed E-state index contributed by atoms with van der Waals surface area (Å²) in [6, 6.07) is 11.1. The van der Waals surface area contributed by atoms with Crippen molar-refractivity contribution >= 4 is 29.0 Å². The van der Waals surface area contributed by atoms with E-state index in [1.165, 1.54) is 11.8 Å². The third-order valence-electron chi connectivity index (χ3n) is 3.20. The number of nitro benzene ring substituents is 1. The van der Waals surface area contributed by atoms with Gasteiger partial charge in [0.15, 0.2) is 0 Å². The minimum absolute atomic E-state index is 0.407. The molecule has 0 aromatic heterocycles. The van der Waals surface area contributed by atoms with Crippen molar-refractivity contribution in [2.24, 2.45) is 0 Å². The Hall–Kier alpha value is -2.55. The predicted octanol–water partition coefficient (Wildman–Crippen LogP) is 4.73. The number of non-ortho nitro benzene ring substituents is 1. The summed E-state index contributed by atoms with van der Waals surface area (Å²) in [6.07, 6.45) is -4.83. The van der Waals surface area contributed by atoms with E-state index in [0.29, 0.717) is 6.07 Å². The van der Waals surface area contributed by atoms with Gasteiger partial charge in [0.25, 0.3) is 5.69 Å². The van der Waals surface area contributed by atoms with Gasteiger partial charge in [0.1, 0.15) is 0 Å². The average Bonchev–Trinajstić information content (AvgIpc) is 2.54. The Morgan fingerprint density at radius 3 is 2.40 bits per heavy atom. The number of hydrogen-bond acceptors (Lipinski definition) is 4. The first-order chi connectivity index (χ1) is 11.7. The maximum absolute atomic E-state index is 13.1. The Balaban J connectivity index is 2.21. The van der Waals surface area contributed by atoms with Crippen LogP contribution in [0.3, 0.4) is 0 Å². The summed E-state index contributed by atoms with van der Waals surface area (Å²) in [4.78, 5) is 22.7. The monoisotopic (exact) mass is 370 g/mol. The van der Waals surface area contributed by atoms with Gasteiger partial charge in [0, 0.05) is 17.0 Å². The lowest BCUT2D eigenvalue weighted by Gasteiger charge is -2.16. The largest absolute Gasteiger partial charge is 0.418 e. The van der Waals surface area contributed by atoms with Gasteiger partial charge in [-0.1, -0.05) is 18.2 Å². The maximum atomic E-state index is 13.1. The molecule has 5 nitrogen and oxygen atoms in total. The fourth-order valence-electron chi connectivity index (χ4n) is 1.98. The molecule has 0 spiro atoms. The van der Waals surface area contributed by atoms with Gasteiger partial charge in [-0.05, 0) is 25.1 Å². The quantitative estimate of drug-likeness (QED) is 0.469. The van der Waals surface area contributed by atoms with Crippen molar-refractivity contribution in [2.45, 2.75) is 23.2 Å². The summed E-state index contributed by atoms with van der Waals surface area (Å²) < 4.78 is 39.3. The van der Waals surface area contributed by atoms with Gasteiger partial charge < -0.3 is 5.32 Å². The second-order valence-corrected chi connectivity index (χ2v) is 6.46. The molecule has 0 saturated carbocycles. The van der Waals surface area contributed by atoms with Gasteiger partial charge in [-0.15, -0.1) is 11.8 Å². The lowest BCUT2D eigenvalue weighted by Crippen LogP contribution is -2.24. The molecule has 9 heteroatoms. The molecule has 0 unspecified atom stereocenters. The highest BCUT2D eigenvalue weighted by Gasteiger charge is 2.36. The number of nitrogens with one attached hydrogen (secondary N) is 1. The fourth-order valence-corrected chi connectivity index (χ4v) is 2.87. The summed E-state index contributed by atoms with van der Waals surface area (Å²) in [7, 11) is 0. The van der Waals surface area contributed by atoms with Gasteiger partial charge >= 0.3 is 6.18 Å². The van der Waals surface area contributed by atoms with Crippen molar-refractivity contribution in [2.75, 3.05) is 5.32 Å². The molecule has 0 heterocycles. The van der Waals surface area contributed by atoms with Crippen molar-refractivity contribution < 1.29 is 22.9 Å². The second kappa shape index (κ2) is 7.56. The molecule has 132 valence electrons. The van der Waals surface area contributed by atoms with Gasteiger partial charge in [-0.3, -0.25) is 14.9 Å². The van der Waals surface area contributed by atoms with Crippen LogP contribution in [0.15, 0.2) is 53.4 Å². The Labute approximate surface area is 145 Å². The summed E-state index contributed by atoms with van der Waals surface area (Å²) in [5, 5.41) is 12.2. The van der Waals surface area contributed by atoms with Crippen LogP contribution in [0.4, 0.5) is 24.5 Å². The van der Waals surface area contributed by atoms with Crippen LogP contribution in [0, 0.1) is 10.1 Å². The number of thioether (sulfide) groups is 1. The van der Waals surface area contributed by atoms with Crippen LogP contribution in [0.5, 0.6) is 0 Å². The highest BCUT2D eigenvalue weighted by Crippen LogP contribution is 2.37. The van der Waals surface area contributed by atoms with Gasteiger partial charge in [-0.25, -0.2) is 0 Å². The van der Waals surface area contributed by atoms with Crippen molar-refractivity contribution in [1.29, 1.82) is 0 Å². The molecule has 0 radical (unpaired) electrons. The van der Waals surface area contributed by atoms with Crippen LogP contribution in [0.2, 0.25) is 0 Å². The standard InChI is InChI=1S/C16H13F3N2O3S/c1-10(25-12-5-3-2-4-6-12)15(22)20-14-8-7-11(21(23)24)9-13(14)16(17,18)19/h2-10H,1H3,(H,20,22)/t10-/m1/s1. The number of carbonyl (C=O) groups is 1. The number of amides is 1. The highest BCUT2D eigenvalue weighted by atomic mass is 32.2. The number of halogens is 3. The van der Waals surface area contributed by atoms with Crippen LogP contribution in [0.1, 0.15) is 12.5 Å². The third-order valence-corrected chi connectivity index (χ3v) is 4.31. The number of carbonyl (C=O) groups excluding carboxylic acids is 1. The molecular weight excluding hydrogens is 357 g/mol. The van der Waals surface area contributed by atoms with E-state index in [1.54, 1.807) is 37.3 Å². The molecule has 2 aromatic carbocycles. The normalized spacial score (nSPS) is 12.5. The Kier molecular flexibility index (Phi) is 5.68. The second-order valence-electron chi connectivity index (χ2n) is 5.05. The van der Waals surface area contributed by atoms with E-state index in [9.17, 15) is 28.1 Å². The Morgan fingerprint density at radius 1 is 1.20 bits per heavy atom. The Bertz CT molecular complexity index is 782. The van der Waals surface area contributed by atoms with E-state index >= 15 is 0 Å². The van der Waals surface area contributed by atoms with E-state index in [0.717, 1.165) is 17.0 Å². The number of nitro groups is 1. The lowest BCUT2D eigenvalue weighted by molar-refractivity contribution is -0.385. The third kappa shape index (κ3) is 4.96. The summed E-state index contributed by atoms with van der Waals surface area (Å²) in [5.41, 5.74) is -2.47. The zero-order valence-electron chi connectivity index (χ0n) is 12.9. The molecule has 1 N–H and O–H groups in total.